The maximum absolute atomic E-state index is 12.0. The monoisotopic (exact) mass is 310 g/mol. The van der Waals surface area contributed by atoms with Crippen molar-refractivity contribution in [3.63, 3.8) is 0 Å². The third kappa shape index (κ3) is 4.95. The summed E-state index contributed by atoms with van der Waals surface area (Å²) in [6, 6.07) is 17.3. The Hall–Kier alpha value is -2.62. The molecule has 2 amide bonds. The summed E-state index contributed by atoms with van der Waals surface area (Å²) in [6.07, 6.45) is 0. The van der Waals surface area contributed by atoms with Crippen LogP contribution >= 0.6 is 0 Å². The normalized spacial score (nSPS) is 11.6. The van der Waals surface area contributed by atoms with Gasteiger partial charge < -0.3 is 10.6 Å². The van der Waals surface area contributed by atoms with Gasteiger partial charge in [0, 0.05) is 12.1 Å². The topological polar surface area (TPSA) is 58.2 Å². The number of amides is 2. The highest BCUT2D eigenvalue weighted by Crippen LogP contribution is 2.12. The van der Waals surface area contributed by atoms with Gasteiger partial charge in [-0.25, -0.2) is 0 Å². The number of hydrogen-bond donors (Lipinski definition) is 2. The summed E-state index contributed by atoms with van der Waals surface area (Å²) < 4.78 is 0. The minimum absolute atomic E-state index is 0.0192. The zero-order valence-corrected chi connectivity index (χ0v) is 13.5. The van der Waals surface area contributed by atoms with E-state index in [4.69, 9.17) is 0 Å². The molecule has 0 saturated heterocycles. The van der Waals surface area contributed by atoms with Crippen molar-refractivity contribution < 1.29 is 9.59 Å². The van der Waals surface area contributed by atoms with Gasteiger partial charge in [-0.2, -0.15) is 0 Å². The van der Waals surface area contributed by atoms with Gasteiger partial charge in [-0.1, -0.05) is 55.5 Å². The molecule has 0 fully saturated rings. The summed E-state index contributed by atoms with van der Waals surface area (Å²) in [4.78, 5) is 23.9. The summed E-state index contributed by atoms with van der Waals surface area (Å²) in [6.45, 7) is 4.45. The van der Waals surface area contributed by atoms with Crippen molar-refractivity contribution in [2.75, 3.05) is 13.1 Å². The maximum Gasteiger partial charge on any atom is 0.251 e. The molecule has 0 saturated carbocycles. The highest BCUT2D eigenvalue weighted by Gasteiger charge is 2.11. The lowest BCUT2D eigenvalue weighted by Crippen LogP contribution is -2.38. The average molecular weight is 310 g/mol. The fraction of sp³-hybridized carbons (Fsp3) is 0.263. The van der Waals surface area contributed by atoms with Gasteiger partial charge in [0.05, 0.1) is 6.54 Å². The Kier molecular flexibility index (Phi) is 5.92. The molecule has 1 atom stereocenters. The summed E-state index contributed by atoms with van der Waals surface area (Å²) in [7, 11) is 0. The minimum atomic E-state index is -0.227. The number of aryl methyl sites for hydroxylation is 1. The van der Waals surface area contributed by atoms with E-state index in [1.165, 1.54) is 5.56 Å². The third-order valence-corrected chi connectivity index (χ3v) is 3.77. The van der Waals surface area contributed by atoms with Gasteiger partial charge in [-0.05, 0) is 30.0 Å². The molecule has 120 valence electrons. The number of carbonyl (C=O) groups is 2. The van der Waals surface area contributed by atoms with Crippen molar-refractivity contribution in [3.8, 4) is 0 Å². The van der Waals surface area contributed by atoms with Gasteiger partial charge in [-0.3, -0.25) is 9.59 Å². The third-order valence-electron chi connectivity index (χ3n) is 3.77. The molecule has 4 nitrogen and oxygen atoms in total. The van der Waals surface area contributed by atoms with E-state index in [1.807, 2.05) is 55.5 Å². The number of hydrogen-bond acceptors (Lipinski definition) is 2. The van der Waals surface area contributed by atoms with Gasteiger partial charge in [-0.15, -0.1) is 0 Å². The van der Waals surface area contributed by atoms with Crippen molar-refractivity contribution in [2.24, 2.45) is 0 Å². The van der Waals surface area contributed by atoms with E-state index < -0.39 is 0 Å². The number of rotatable bonds is 6. The molecule has 2 aromatic carbocycles. The molecule has 0 heterocycles. The van der Waals surface area contributed by atoms with Crippen molar-refractivity contribution in [1.29, 1.82) is 0 Å². The molecule has 0 radical (unpaired) electrons. The Balaban J connectivity index is 1.77. The molecule has 4 heteroatoms. The van der Waals surface area contributed by atoms with Gasteiger partial charge in [0.25, 0.3) is 5.91 Å². The number of benzene rings is 2. The highest BCUT2D eigenvalue weighted by molar-refractivity contribution is 5.97. The molecule has 0 spiro atoms. The van der Waals surface area contributed by atoms with Crippen LogP contribution in [0.1, 0.15) is 34.3 Å². The molecular weight excluding hydrogens is 288 g/mol. The lowest BCUT2D eigenvalue weighted by atomic mass is 10.0. The van der Waals surface area contributed by atoms with Crippen LogP contribution in [0.25, 0.3) is 0 Å². The second-order valence-corrected chi connectivity index (χ2v) is 5.61. The first-order chi connectivity index (χ1) is 11.1. The van der Waals surface area contributed by atoms with Crippen molar-refractivity contribution in [2.45, 2.75) is 19.8 Å². The van der Waals surface area contributed by atoms with Crippen LogP contribution in [-0.4, -0.2) is 24.9 Å². The zero-order valence-electron chi connectivity index (χ0n) is 13.5. The van der Waals surface area contributed by atoms with E-state index in [0.717, 1.165) is 5.56 Å². The number of carbonyl (C=O) groups excluding carboxylic acids is 2. The Morgan fingerprint density at radius 3 is 2.30 bits per heavy atom. The molecule has 0 aromatic heterocycles. The maximum atomic E-state index is 12.0. The first kappa shape index (κ1) is 16.7. The summed E-state index contributed by atoms with van der Waals surface area (Å²) >= 11 is 0. The zero-order chi connectivity index (χ0) is 16.7. The van der Waals surface area contributed by atoms with Crippen LogP contribution in [0.5, 0.6) is 0 Å². The van der Waals surface area contributed by atoms with Crippen LogP contribution in [0.4, 0.5) is 0 Å². The quantitative estimate of drug-likeness (QED) is 0.862. The van der Waals surface area contributed by atoms with Gasteiger partial charge >= 0.3 is 0 Å². The fourth-order valence-corrected chi connectivity index (χ4v) is 2.31. The summed E-state index contributed by atoms with van der Waals surface area (Å²) in [5.41, 5.74) is 2.66. The molecule has 1 unspecified atom stereocenters. The minimum Gasteiger partial charge on any atom is -0.354 e. The van der Waals surface area contributed by atoms with E-state index in [9.17, 15) is 9.59 Å². The first-order valence-corrected chi connectivity index (χ1v) is 7.73. The van der Waals surface area contributed by atoms with Gasteiger partial charge in [0.15, 0.2) is 0 Å². The molecule has 2 aromatic rings. The molecule has 2 N–H and O–H groups in total. The van der Waals surface area contributed by atoms with Crippen LogP contribution in [0.15, 0.2) is 54.6 Å². The van der Waals surface area contributed by atoms with Crippen LogP contribution in [0.2, 0.25) is 0 Å². The van der Waals surface area contributed by atoms with Crippen molar-refractivity contribution >= 4 is 11.8 Å². The van der Waals surface area contributed by atoms with Crippen LogP contribution < -0.4 is 10.6 Å². The largest absolute Gasteiger partial charge is 0.354 e. The van der Waals surface area contributed by atoms with Gasteiger partial charge in [0.1, 0.15) is 0 Å². The van der Waals surface area contributed by atoms with E-state index in [1.54, 1.807) is 6.07 Å². The molecular formula is C19H22N2O2. The van der Waals surface area contributed by atoms with Crippen LogP contribution in [0.3, 0.4) is 0 Å². The molecule has 2 rings (SSSR count). The Bertz CT molecular complexity index is 668. The van der Waals surface area contributed by atoms with E-state index in [0.29, 0.717) is 12.1 Å². The SMILES string of the molecule is Cc1ccccc1C(=O)NCC(=O)NCC(C)c1ccccc1. The molecule has 23 heavy (non-hydrogen) atoms. The van der Waals surface area contributed by atoms with Crippen LogP contribution in [-0.2, 0) is 4.79 Å². The molecule has 0 aliphatic rings. The highest BCUT2D eigenvalue weighted by atomic mass is 16.2. The smallest absolute Gasteiger partial charge is 0.251 e. The second-order valence-electron chi connectivity index (χ2n) is 5.61. The average Bonchev–Trinajstić information content (AvgIpc) is 2.58. The molecule has 0 bridgehead atoms. The van der Waals surface area contributed by atoms with Crippen molar-refractivity contribution in [3.05, 3.63) is 71.3 Å². The number of nitrogens with one attached hydrogen (secondary N) is 2. The Morgan fingerprint density at radius 1 is 0.957 bits per heavy atom. The second kappa shape index (κ2) is 8.13. The Labute approximate surface area is 136 Å². The van der Waals surface area contributed by atoms with E-state index in [2.05, 4.69) is 17.6 Å². The van der Waals surface area contributed by atoms with Crippen molar-refractivity contribution in [1.82, 2.24) is 10.6 Å². The fourth-order valence-electron chi connectivity index (χ4n) is 2.31. The van der Waals surface area contributed by atoms with E-state index >= 15 is 0 Å². The lowest BCUT2D eigenvalue weighted by molar-refractivity contribution is -0.120. The van der Waals surface area contributed by atoms with E-state index in [-0.39, 0.29) is 24.3 Å². The predicted octanol–water partition coefficient (Wildman–Crippen LogP) is 2.64. The first-order valence-electron chi connectivity index (χ1n) is 7.73. The Morgan fingerprint density at radius 2 is 1.61 bits per heavy atom. The molecule has 0 aliphatic carbocycles. The predicted molar refractivity (Wildman–Crippen MR) is 91.4 cm³/mol. The summed E-state index contributed by atoms with van der Waals surface area (Å²) in [5.74, 6) is -0.184. The van der Waals surface area contributed by atoms with Crippen LogP contribution in [0, 0.1) is 6.92 Å². The lowest BCUT2D eigenvalue weighted by Gasteiger charge is -2.13. The standard InChI is InChI=1S/C19H22N2O2/c1-14-8-6-7-11-17(14)19(23)21-13-18(22)20-12-15(2)16-9-4-3-5-10-16/h3-11,15H,12-13H2,1-2H3,(H,20,22)(H,21,23). The summed E-state index contributed by atoms with van der Waals surface area (Å²) in [5, 5.41) is 5.50. The van der Waals surface area contributed by atoms with Gasteiger partial charge in [0.2, 0.25) is 5.91 Å². The molecule has 0 aliphatic heterocycles.